The number of aromatic nitrogens is 2. The monoisotopic (exact) mass is 312 g/mol. The van der Waals surface area contributed by atoms with Crippen molar-refractivity contribution >= 4 is 6.03 Å². The predicted molar refractivity (Wildman–Crippen MR) is 90.1 cm³/mol. The summed E-state index contributed by atoms with van der Waals surface area (Å²) in [6.07, 6.45) is 7.59. The van der Waals surface area contributed by atoms with Gasteiger partial charge in [0, 0.05) is 43.4 Å². The number of hydrogen-bond donors (Lipinski definition) is 1. The summed E-state index contributed by atoms with van der Waals surface area (Å²) in [6, 6.07) is 8.26. The Bertz CT molecular complexity index is 648. The molecule has 0 bridgehead atoms. The van der Waals surface area contributed by atoms with E-state index in [1.807, 2.05) is 29.3 Å². The molecule has 5 nitrogen and oxygen atoms in total. The van der Waals surface area contributed by atoms with Gasteiger partial charge in [0.15, 0.2) is 0 Å². The zero-order chi connectivity index (χ0) is 16.2. The number of carbonyl (C=O) groups excluding carboxylic acids is 1. The van der Waals surface area contributed by atoms with Crippen molar-refractivity contribution in [3.63, 3.8) is 0 Å². The van der Waals surface area contributed by atoms with E-state index in [-0.39, 0.29) is 18.1 Å². The molecule has 3 rings (SSSR count). The van der Waals surface area contributed by atoms with E-state index in [1.54, 1.807) is 6.20 Å². The number of pyridine rings is 1. The number of urea groups is 1. The molecule has 3 heterocycles. The molecule has 5 heteroatoms. The topological polar surface area (TPSA) is 50.2 Å². The third kappa shape index (κ3) is 3.09. The number of carbonyl (C=O) groups is 1. The molecule has 1 N–H and O–H groups in total. The molecule has 122 valence electrons. The molecule has 0 saturated carbocycles. The molecule has 1 aliphatic heterocycles. The number of hydrogen-bond acceptors (Lipinski definition) is 2. The quantitative estimate of drug-likeness (QED) is 0.942. The number of nitrogens with one attached hydrogen (secondary N) is 1. The molecule has 0 saturated heterocycles. The highest BCUT2D eigenvalue weighted by Crippen LogP contribution is 2.32. The van der Waals surface area contributed by atoms with Crippen molar-refractivity contribution in [1.29, 1.82) is 0 Å². The number of fused-ring (bicyclic) bond motifs is 1. The van der Waals surface area contributed by atoms with Crippen LogP contribution in [0.4, 0.5) is 4.79 Å². The van der Waals surface area contributed by atoms with Crippen LogP contribution >= 0.6 is 0 Å². The maximum atomic E-state index is 12.8. The van der Waals surface area contributed by atoms with E-state index in [1.165, 1.54) is 0 Å². The molecule has 2 aromatic heterocycles. The summed E-state index contributed by atoms with van der Waals surface area (Å²) >= 11 is 0. The van der Waals surface area contributed by atoms with Gasteiger partial charge in [0.1, 0.15) is 6.04 Å². The fourth-order valence-electron chi connectivity index (χ4n) is 3.24. The van der Waals surface area contributed by atoms with Crippen LogP contribution in [0.1, 0.15) is 44.0 Å². The van der Waals surface area contributed by atoms with Crippen molar-refractivity contribution in [3.8, 4) is 0 Å². The third-order valence-electron chi connectivity index (χ3n) is 4.61. The number of rotatable bonds is 4. The Balaban J connectivity index is 1.91. The van der Waals surface area contributed by atoms with Gasteiger partial charge in [-0.3, -0.25) is 4.98 Å². The standard InChI is InChI=1S/C18H24N4O/c1-3-15(4-2)20-18(23)22-12-11-21-10-6-8-16(21)17(22)14-7-5-9-19-13-14/h5-10,13,15,17H,3-4,11-12H2,1-2H3,(H,20,23)/t17-/m1/s1. The van der Waals surface area contributed by atoms with E-state index in [0.717, 1.165) is 30.6 Å². The Hall–Kier alpha value is -2.30. The first-order chi connectivity index (χ1) is 11.2. The molecule has 0 unspecified atom stereocenters. The zero-order valence-corrected chi connectivity index (χ0v) is 13.8. The molecule has 0 aliphatic carbocycles. The molecule has 23 heavy (non-hydrogen) atoms. The summed E-state index contributed by atoms with van der Waals surface area (Å²) in [4.78, 5) is 19.0. The molecule has 0 spiro atoms. The summed E-state index contributed by atoms with van der Waals surface area (Å²) in [6.45, 7) is 5.74. The lowest BCUT2D eigenvalue weighted by Crippen LogP contribution is -2.49. The maximum absolute atomic E-state index is 12.8. The maximum Gasteiger partial charge on any atom is 0.318 e. The molecule has 1 atom stereocenters. The molecule has 2 aromatic rings. The average molecular weight is 312 g/mol. The average Bonchev–Trinajstić information content (AvgIpc) is 3.08. The molecule has 2 amide bonds. The summed E-state index contributed by atoms with van der Waals surface area (Å²) in [5.41, 5.74) is 2.19. The normalized spacial score (nSPS) is 17.2. The third-order valence-corrected chi connectivity index (χ3v) is 4.61. The lowest BCUT2D eigenvalue weighted by atomic mass is 10.0. The second-order valence-corrected chi connectivity index (χ2v) is 5.97. The fraction of sp³-hybridized carbons (Fsp3) is 0.444. The molecule has 0 radical (unpaired) electrons. The molecule has 0 aromatic carbocycles. The van der Waals surface area contributed by atoms with Crippen molar-refractivity contribution in [1.82, 2.24) is 19.8 Å². The Morgan fingerprint density at radius 1 is 1.30 bits per heavy atom. The summed E-state index contributed by atoms with van der Waals surface area (Å²) in [7, 11) is 0. The number of nitrogens with zero attached hydrogens (tertiary/aromatic N) is 3. The molecule has 0 fully saturated rings. The molecule has 1 aliphatic rings. The van der Waals surface area contributed by atoms with Gasteiger partial charge >= 0.3 is 6.03 Å². The molecular weight excluding hydrogens is 288 g/mol. The summed E-state index contributed by atoms with van der Waals surface area (Å²) in [5.74, 6) is 0. The second kappa shape index (κ2) is 6.86. The van der Waals surface area contributed by atoms with Gasteiger partial charge in [0.25, 0.3) is 0 Å². The van der Waals surface area contributed by atoms with E-state index < -0.39 is 0 Å². The van der Waals surface area contributed by atoms with Gasteiger partial charge < -0.3 is 14.8 Å². The van der Waals surface area contributed by atoms with Crippen LogP contribution in [0.25, 0.3) is 0 Å². The van der Waals surface area contributed by atoms with Gasteiger partial charge in [-0.1, -0.05) is 19.9 Å². The second-order valence-electron chi connectivity index (χ2n) is 5.97. The van der Waals surface area contributed by atoms with E-state index in [2.05, 4.69) is 41.0 Å². The summed E-state index contributed by atoms with van der Waals surface area (Å²) < 4.78 is 2.22. The van der Waals surface area contributed by atoms with Crippen molar-refractivity contribution < 1.29 is 4.79 Å². The smallest absolute Gasteiger partial charge is 0.318 e. The molecular formula is C18H24N4O. The van der Waals surface area contributed by atoms with Crippen LogP contribution in [0.2, 0.25) is 0 Å². The first-order valence-corrected chi connectivity index (χ1v) is 8.36. The largest absolute Gasteiger partial charge is 0.348 e. The minimum absolute atomic E-state index is 0.0139. The van der Waals surface area contributed by atoms with Crippen molar-refractivity contribution in [2.75, 3.05) is 6.54 Å². The zero-order valence-electron chi connectivity index (χ0n) is 13.8. The Morgan fingerprint density at radius 3 is 2.83 bits per heavy atom. The SMILES string of the molecule is CCC(CC)NC(=O)N1CCn2cccc2[C@H]1c1cccnc1. The minimum atomic E-state index is -0.0817. The lowest BCUT2D eigenvalue weighted by molar-refractivity contribution is 0.164. The van der Waals surface area contributed by atoms with Gasteiger partial charge in [-0.25, -0.2) is 4.79 Å². The van der Waals surface area contributed by atoms with Gasteiger partial charge in [-0.05, 0) is 36.6 Å². The lowest BCUT2D eigenvalue weighted by Gasteiger charge is -2.37. The van der Waals surface area contributed by atoms with Crippen LogP contribution in [0, 0.1) is 0 Å². The highest BCUT2D eigenvalue weighted by atomic mass is 16.2. The fourth-order valence-corrected chi connectivity index (χ4v) is 3.24. The number of amides is 2. The highest BCUT2D eigenvalue weighted by molar-refractivity contribution is 5.75. The first kappa shape index (κ1) is 15.6. The van der Waals surface area contributed by atoms with Gasteiger partial charge in [-0.2, -0.15) is 0 Å². The van der Waals surface area contributed by atoms with Gasteiger partial charge in [0.2, 0.25) is 0 Å². The van der Waals surface area contributed by atoms with Crippen LogP contribution in [-0.4, -0.2) is 33.1 Å². The van der Waals surface area contributed by atoms with E-state index in [9.17, 15) is 4.79 Å². The van der Waals surface area contributed by atoms with Crippen LogP contribution in [0.3, 0.4) is 0 Å². The van der Waals surface area contributed by atoms with Gasteiger partial charge in [0.05, 0.1) is 0 Å². The van der Waals surface area contributed by atoms with Crippen LogP contribution in [0.5, 0.6) is 0 Å². The predicted octanol–water partition coefficient (Wildman–Crippen LogP) is 3.19. The first-order valence-electron chi connectivity index (χ1n) is 8.36. The van der Waals surface area contributed by atoms with E-state index >= 15 is 0 Å². The van der Waals surface area contributed by atoms with Crippen molar-refractivity contribution in [2.24, 2.45) is 0 Å². The van der Waals surface area contributed by atoms with Crippen LogP contribution in [-0.2, 0) is 6.54 Å². The van der Waals surface area contributed by atoms with Gasteiger partial charge in [-0.15, -0.1) is 0 Å². The highest BCUT2D eigenvalue weighted by Gasteiger charge is 2.32. The van der Waals surface area contributed by atoms with Crippen LogP contribution < -0.4 is 5.32 Å². The summed E-state index contributed by atoms with van der Waals surface area (Å²) in [5, 5.41) is 3.17. The Morgan fingerprint density at radius 2 is 2.13 bits per heavy atom. The van der Waals surface area contributed by atoms with E-state index in [4.69, 9.17) is 0 Å². The Labute approximate surface area is 137 Å². The van der Waals surface area contributed by atoms with Crippen LogP contribution in [0.15, 0.2) is 42.9 Å². The Kier molecular flexibility index (Phi) is 4.65. The van der Waals surface area contributed by atoms with Crippen molar-refractivity contribution in [2.45, 2.75) is 45.3 Å². The van der Waals surface area contributed by atoms with Crippen molar-refractivity contribution in [3.05, 3.63) is 54.1 Å². The van der Waals surface area contributed by atoms with E-state index in [0.29, 0.717) is 6.54 Å². The minimum Gasteiger partial charge on any atom is -0.348 e.